The number of nitrogens with two attached hydrogens (primary N) is 2. The van der Waals surface area contributed by atoms with Gasteiger partial charge in [0, 0.05) is 59.1 Å². The Bertz CT molecular complexity index is 2570. The molecule has 24 nitrogen and oxygen atoms in total. The Morgan fingerprint density at radius 2 is 1.35 bits per heavy atom. The number of rotatable bonds is 21. The molecule has 2 aliphatic heterocycles. The molecule has 428 valence electrons. The van der Waals surface area contributed by atoms with Crippen molar-refractivity contribution in [2.45, 2.75) is 57.5 Å². The van der Waals surface area contributed by atoms with Crippen LogP contribution >= 0.6 is 17.1 Å². The Balaban J connectivity index is 0.000000290. The zero-order valence-electron chi connectivity index (χ0n) is 44.6. The fourth-order valence-electron chi connectivity index (χ4n) is 7.46. The lowest BCUT2D eigenvalue weighted by atomic mass is 9.95. The molecule has 29 heteroatoms. The number of hydrogen-bond acceptors (Lipinski definition) is 22. The van der Waals surface area contributed by atoms with E-state index in [9.17, 15) is 42.3 Å². The summed E-state index contributed by atoms with van der Waals surface area (Å²) in [5.74, 6) is -0.508. The van der Waals surface area contributed by atoms with Crippen LogP contribution in [0.25, 0.3) is 11.1 Å². The monoisotopic (exact) mass is 1150 g/mol. The number of benzene rings is 1. The maximum absolute atomic E-state index is 13.0. The molecule has 1 unspecified atom stereocenters. The zero-order chi connectivity index (χ0) is 57.8. The number of ketones is 2. The molecule has 6 rings (SSSR count). The maximum Gasteiger partial charge on any atom is 0.411 e. The topological polar surface area (TPSA) is 320 Å². The molecule has 3 amide bonds. The molecule has 2 saturated heterocycles. The first-order chi connectivity index (χ1) is 36.6. The number of alkyl halides is 2. The standard InChI is InChI=1S/C21H25NO5.C16H20N4O6.C6H12F2N2O2.C5H12NO3PS2/c1-22-15-8-6-12-10-18(25-3)20(26-4)21(27-5)19(12)13-7-9-17(24-2)16(23)11-14(13)15;1-3-25-15(23)17-9-11(19-5-6-19)14(22)10(18-16(24)26-4-2)12(13(9)21)20-7-8-20;7-4(8)6(10,5(11)12)2-1-3-9;1-6-5(7)4-12-10(11,8-2)9-3/h7,9-11,15,22H,6,8H2,1-5H3;3-8H2,1-2H3,(H,17,23)(H,18,24);4H,1-3,9-10H2,(H,11,12);4H2,1-3H3,(H,6,7)/t15-;;;/m0.../s1. The number of carbonyl (C=O) groups is 6. The first-order valence-electron chi connectivity index (χ1n) is 23.8. The number of amides is 3. The van der Waals surface area contributed by atoms with E-state index in [4.69, 9.17) is 65.8 Å². The van der Waals surface area contributed by atoms with E-state index in [1.807, 2.05) is 19.2 Å². The molecule has 2 aliphatic carbocycles. The quantitative estimate of drug-likeness (QED) is 0.0535. The van der Waals surface area contributed by atoms with Gasteiger partial charge in [-0.2, -0.15) is 0 Å². The summed E-state index contributed by atoms with van der Waals surface area (Å²) in [5, 5.41) is 19.0. The normalized spacial score (nSPS) is 16.0. The summed E-state index contributed by atoms with van der Waals surface area (Å²) in [6.45, 7) is 5.99. The van der Waals surface area contributed by atoms with Gasteiger partial charge in [0.2, 0.25) is 34.3 Å². The molecule has 2 aromatic carbocycles. The number of hydrogen-bond donors (Lipinski definition) is 7. The Labute approximate surface area is 454 Å². The van der Waals surface area contributed by atoms with E-state index >= 15 is 0 Å². The van der Waals surface area contributed by atoms with Crippen molar-refractivity contribution in [1.29, 1.82) is 0 Å². The lowest BCUT2D eigenvalue weighted by Crippen LogP contribution is -2.54. The van der Waals surface area contributed by atoms with Gasteiger partial charge in [0.05, 0.1) is 47.4 Å². The van der Waals surface area contributed by atoms with E-state index in [2.05, 4.69) is 21.3 Å². The molecular formula is C48H69F2N8O16PS2. The van der Waals surface area contributed by atoms with E-state index in [1.54, 1.807) is 64.2 Å². The number of carboxylic acids is 1. The van der Waals surface area contributed by atoms with Crippen LogP contribution in [0.15, 0.2) is 51.8 Å². The third-order valence-electron chi connectivity index (χ3n) is 11.6. The third-order valence-corrected chi connectivity index (χ3v) is 17.3. The highest BCUT2D eigenvalue weighted by molar-refractivity contribution is 8.68. The molecule has 0 spiro atoms. The van der Waals surface area contributed by atoms with Crippen molar-refractivity contribution in [3.63, 3.8) is 0 Å². The van der Waals surface area contributed by atoms with Gasteiger partial charge in [0.25, 0.3) is 6.43 Å². The summed E-state index contributed by atoms with van der Waals surface area (Å²) in [5.41, 5.74) is 8.85. The molecule has 0 aromatic heterocycles. The first-order valence-corrected chi connectivity index (χ1v) is 28.1. The van der Waals surface area contributed by atoms with Crippen LogP contribution in [-0.4, -0.2) is 171 Å². The zero-order valence-corrected chi connectivity index (χ0v) is 47.1. The molecule has 2 fully saturated rings. The smallest absolute Gasteiger partial charge is 0.411 e. The van der Waals surface area contributed by atoms with Gasteiger partial charge in [-0.25, -0.2) is 23.2 Å². The van der Waals surface area contributed by atoms with Gasteiger partial charge in [-0.3, -0.25) is 29.8 Å². The van der Waals surface area contributed by atoms with Gasteiger partial charge in [0.15, 0.2) is 22.8 Å². The van der Waals surface area contributed by atoms with Crippen molar-refractivity contribution in [3.05, 3.63) is 68.4 Å². The Hall–Kier alpha value is -6.13. The summed E-state index contributed by atoms with van der Waals surface area (Å²) in [7, 11) is 12.8. The highest BCUT2D eigenvalue weighted by Gasteiger charge is 2.46. The molecule has 0 radical (unpaired) electrons. The summed E-state index contributed by atoms with van der Waals surface area (Å²) < 4.78 is 65.9. The molecule has 2 aromatic rings. The van der Waals surface area contributed by atoms with Crippen LogP contribution in [-0.2, 0) is 55.9 Å². The van der Waals surface area contributed by atoms with Crippen LogP contribution in [0.4, 0.5) is 18.4 Å². The van der Waals surface area contributed by atoms with Crippen molar-refractivity contribution in [3.8, 4) is 34.1 Å². The van der Waals surface area contributed by atoms with Gasteiger partial charge in [-0.15, -0.1) is 0 Å². The number of halogens is 2. The van der Waals surface area contributed by atoms with Crippen molar-refractivity contribution >= 4 is 64.5 Å². The molecule has 2 atom stereocenters. The highest BCUT2D eigenvalue weighted by atomic mass is 32.9. The van der Waals surface area contributed by atoms with Gasteiger partial charge in [0.1, 0.15) is 22.8 Å². The summed E-state index contributed by atoms with van der Waals surface area (Å²) in [4.78, 5) is 86.6. The lowest BCUT2D eigenvalue weighted by molar-refractivity contribution is -0.150. The summed E-state index contributed by atoms with van der Waals surface area (Å²) >= 11 is 6.25. The van der Waals surface area contributed by atoms with Gasteiger partial charge >= 0.3 is 18.2 Å². The number of fused-ring (bicyclic) bond motifs is 3. The number of nitrogens with zero attached hydrogens (tertiary/aromatic N) is 2. The molecule has 9 N–H and O–H groups in total. The largest absolute Gasteiger partial charge is 0.493 e. The van der Waals surface area contributed by atoms with Crippen molar-refractivity contribution in [2.75, 3.05) is 108 Å². The molecule has 0 bridgehead atoms. The second-order valence-electron chi connectivity index (χ2n) is 16.4. The van der Waals surface area contributed by atoms with E-state index in [1.165, 1.54) is 32.7 Å². The van der Waals surface area contributed by atoms with Gasteiger partial charge < -0.3 is 74.5 Å². The Morgan fingerprint density at radius 3 is 1.74 bits per heavy atom. The van der Waals surface area contributed by atoms with Gasteiger partial charge in [-0.05, 0) is 99.8 Å². The molecule has 0 saturated carbocycles. The predicted molar refractivity (Wildman–Crippen MR) is 286 cm³/mol. The predicted octanol–water partition coefficient (Wildman–Crippen LogP) is 3.40. The van der Waals surface area contributed by atoms with Crippen LogP contribution < -0.4 is 57.1 Å². The number of aliphatic carboxylic acids is 1. The minimum absolute atomic E-state index is 0.0268. The van der Waals surface area contributed by atoms with Gasteiger partial charge in [-0.1, -0.05) is 17.4 Å². The van der Waals surface area contributed by atoms with Crippen LogP contribution in [0.2, 0.25) is 0 Å². The highest BCUT2D eigenvalue weighted by Crippen LogP contribution is 2.59. The Kier molecular flexibility index (Phi) is 26.0. The van der Waals surface area contributed by atoms with Crippen molar-refractivity contribution < 1.29 is 80.1 Å². The fraction of sp³-hybridized carbons (Fsp3) is 0.521. The van der Waals surface area contributed by atoms with Crippen LogP contribution in [0.5, 0.6) is 23.0 Å². The van der Waals surface area contributed by atoms with Crippen LogP contribution in [0.1, 0.15) is 50.3 Å². The minimum Gasteiger partial charge on any atom is -0.493 e. The number of alkyl carbamates (subject to hydrolysis) is 2. The molecule has 77 heavy (non-hydrogen) atoms. The lowest BCUT2D eigenvalue weighted by Gasteiger charge is -2.25. The third kappa shape index (κ3) is 17.2. The molecule has 2 heterocycles. The van der Waals surface area contributed by atoms with E-state index in [0.717, 1.165) is 35.1 Å². The molecule has 4 aliphatic rings. The fourth-order valence-corrected chi connectivity index (χ4v) is 10.2. The second-order valence-corrected chi connectivity index (χ2v) is 22.9. The van der Waals surface area contributed by atoms with E-state index in [0.29, 0.717) is 49.2 Å². The number of ether oxygens (including phenoxy) is 6. The maximum atomic E-state index is 13.0. The van der Waals surface area contributed by atoms with Crippen molar-refractivity contribution in [2.24, 2.45) is 11.5 Å². The number of carboxylic acid groups (broad SMARTS) is 1. The second kappa shape index (κ2) is 30.7. The van der Waals surface area contributed by atoms with Crippen molar-refractivity contribution in [1.82, 2.24) is 31.1 Å². The molecular weight excluding hydrogens is 1080 g/mol. The Morgan fingerprint density at radius 1 is 0.831 bits per heavy atom. The summed E-state index contributed by atoms with van der Waals surface area (Å²) in [6, 6.07) is 7.29. The number of methoxy groups -OCH3 is 4. The van der Waals surface area contributed by atoms with Crippen LogP contribution in [0, 0.1) is 0 Å². The van der Waals surface area contributed by atoms with E-state index in [-0.39, 0.29) is 78.5 Å². The number of Topliss-reactive ketones (excluding diaryl/α,β-unsaturated/α-hetero) is 2. The average Bonchev–Trinajstić information content (AvgIpc) is 4.36. The number of aryl methyl sites for hydroxylation is 1. The minimum atomic E-state index is -3.07. The SMILES string of the molecule is CCOC(=O)NC1=C(N2CC2)C(=O)C(NC(=O)OCC)=C(N2CC2)C1=O.CNC(=O)CSP(=S)(OC)OC.CN[C@H]1CCc2cc(OC)c(OC)c(OC)c2-c2ccc(OC)c(=O)cc21.NCCCC(N)(C(=O)O)C(F)F. The van der Waals surface area contributed by atoms with Crippen LogP contribution in [0.3, 0.4) is 0 Å². The van der Waals surface area contributed by atoms with E-state index < -0.39 is 47.4 Å². The number of nitrogens with one attached hydrogen (secondary N) is 4. The summed E-state index contributed by atoms with van der Waals surface area (Å²) in [6.07, 6.45) is -3.18. The number of carbonyl (C=O) groups excluding carboxylic acids is 5. The average molecular weight is 1150 g/mol. The first kappa shape index (κ1) is 65.2.